The van der Waals surface area contributed by atoms with Crippen LogP contribution in [0.2, 0.25) is 0 Å². The van der Waals surface area contributed by atoms with Crippen LogP contribution in [0.4, 0.5) is 13.2 Å². The van der Waals surface area contributed by atoms with Crippen LogP contribution in [0.5, 0.6) is 0 Å². The van der Waals surface area contributed by atoms with Crippen LogP contribution < -0.4 is 5.32 Å². The van der Waals surface area contributed by atoms with Crippen molar-refractivity contribution in [2.45, 2.75) is 18.6 Å². The molecule has 2 aromatic rings. The van der Waals surface area contributed by atoms with Gasteiger partial charge in [-0.2, -0.15) is 13.2 Å². The van der Waals surface area contributed by atoms with Gasteiger partial charge in [0.1, 0.15) is 0 Å². The molecular weight excluding hydrogens is 275 g/mol. The van der Waals surface area contributed by atoms with Gasteiger partial charge in [-0.25, -0.2) is 0 Å². The fourth-order valence-electron chi connectivity index (χ4n) is 2.13. The van der Waals surface area contributed by atoms with E-state index in [1.54, 1.807) is 0 Å². The Kier molecular flexibility index (Phi) is 5.02. The first kappa shape index (κ1) is 15.6. The van der Waals surface area contributed by atoms with Crippen molar-refractivity contribution in [2.24, 2.45) is 0 Å². The summed E-state index contributed by atoms with van der Waals surface area (Å²) in [4.78, 5) is 0. The number of likely N-dealkylation sites (N-methyl/N-ethyl adjacent to an activating group) is 1. The lowest BCUT2D eigenvalue weighted by Crippen LogP contribution is -2.28. The summed E-state index contributed by atoms with van der Waals surface area (Å²) in [6.45, 7) is 0. The highest BCUT2D eigenvalue weighted by molar-refractivity contribution is 5.31. The van der Waals surface area contributed by atoms with Crippen LogP contribution in [0.25, 0.3) is 0 Å². The van der Waals surface area contributed by atoms with Crippen molar-refractivity contribution in [1.29, 1.82) is 0 Å². The first-order chi connectivity index (χ1) is 9.99. The average molecular weight is 292 g/mol. The van der Waals surface area contributed by atoms with Gasteiger partial charge in [-0.3, -0.25) is 0 Å². The van der Waals surface area contributed by atoms with E-state index >= 15 is 0 Å². The molecule has 0 saturated heterocycles. The molecule has 0 aliphatic heterocycles. The van der Waals surface area contributed by atoms with Gasteiger partial charge in [-0.15, -0.1) is 0 Å². The van der Waals surface area contributed by atoms with E-state index in [0.717, 1.165) is 24.1 Å². The maximum atomic E-state index is 12.5. The topological polar surface area (TPSA) is 12.0 Å². The normalized spacial score (nSPS) is 13.1. The van der Waals surface area contributed by atoms with Crippen molar-refractivity contribution < 1.29 is 13.2 Å². The molecule has 1 unspecified atom stereocenters. The fraction of sp³-hybridized carbons (Fsp3) is 0.235. The van der Waals surface area contributed by atoms with E-state index in [2.05, 4.69) is 5.32 Å². The minimum Gasteiger partial charge on any atom is -0.316 e. The largest absolute Gasteiger partial charge is 0.416 e. The van der Waals surface area contributed by atoms with Crippen LogP contribution in [0.15, 0.2) is 54.6 Å². The molecule has 0 saturated carbocycles. The second-order valence-electron chi connectivity index (χ2n) is 4.87. The lowest BCUT2D eigenvalue weighted by Gasteiger charge is -2.16. The fourth-order valence-corrected chi connectivity index (χ4v) is 2.13. The molecule has 0 heterocycles. The van der Waals surface area contributed by atoms with Gasteiger partial charge in [0.15, 0.2) is 0 Å². The van der Waals surface area contributed by atoms with Crippen molar-refractivity contribution >= 4 is 0 Å². The van der Waals surface area contributed by atoms with E-state index in [-0.39, 0.29) is 6.04 Å². The SMILES string of the molecule is CNC([CH]c1ccc(C(F)(F)F)cc1)Cc1ccccc1. The van der Waals surface area contributed by atoms with Crippen molar-refractivity contribution in [3.05, 3.63) is 77.7 Å². The molecular formula is C17H17F3N. The summed E-state index contributed by atoms with van der Waals surface area (Å²) in [7, 11) is 1.84. The molecule has 1 N–H and O–H groups in total. The van der Waals surface area contributed by atoms with Crippen molar-refractivity contribution in [2.75, 3.05) is 7.05 Å². The third kappa shape index (κ3) is 4.60. The Labute approximate surface area is 122 Å². The molecule has 4 heteroatoms. The number of alkyl halides is 3. The molecule has 1 nitrogen and oxygen atoms in total. The number of hydrogen-bond acceptors (Lipinski definition) is 1. The number of benzene rings is 2. The molecule has 0 fully saturated rings. The molecule has 0 amide bonds. The van der Waals surface area contributed by atoms with Crippen LogP contribution in [0.3, 0.4) is 0 Å². The summed E-state index contributed by atoms with van der Waals surface area (Å²) < 4.78 is 37.5. The summed E-state index contributed by atoms with van der Waals surface area (Å²) in [5, 5.41) is 3.17. The van der Waals surface area contributed by atoms with Crippen LogP contribution in [0, 0.1) is 6.42 Å². The van der Waals surface area contributed by atoms with E-state index in [1.165, 1.54) is 17.7 Å². The van der Waals surface area contributed by atoms with Gasteiger partial charge >= 0.3 is 6.18 Å². The van der Waals surface area contributed by atoms with Crippen LogP contribution >= 0.6 is 0 Å². The summed E-state index contributed by atoms with van der Waals surface area (Å²) in [5.41, 5.74) is 1.34. The summed E-state index contributed by atoms with van der Waals surface area (Å²) in [6, 6.07) is 15.3. The first-order valence-corrected chi connectivity index (χ1v) is 6.72. The molecule has 2 aromatic carbocycles. The van der Waals surface area contributed by atoms with E-state index in [1.807, 2.05) is 43.8 Å². The van der Waals surface area contributed by atoms with E-state index in [4.69, 9.17) is 0 Å². The molecule has 0 spiro atoms. The van der Waals surface area contributed by atoms with Gasteiger partial charge in [0, 0.05) is 12.5 Å². The zero-order valence-electron chi connectivity index (χ0n) is 11.7. The second-order valence-corrected chi connectivity index (χ2v) is 4.87. The van der Waals surface area contributed by atoms with Crippen molar-refractivity contribution in [3.8, 4) is 0 Å². The summed E-state index contributed by atoms with van der Waals surface area (Å²) in [5.74, 6) is 0. The Morgan fingerprint density at radius 1 is 1.00 bits per heavy atom. The molecule has 1 atom stereocenters. The zero-order chi connectivity index (χ0) is 15.3. The van der Waals surface area contributed by atoms with Gasteiger partial charge in [0.05, 0.1) is 5.56 Å². The average Bonchev–Trinajstić information content (AvgIpc) is 2.47. The van der Waals surface area contributed by atoms with E-state index in [9.17, 15) is 13.2 Å². The molecule has 0 bridgehead atoms. The third-order valence-corrected chi connectivity index (χ3v) is 3.30. The maximum absolute atomic E-state index is 12.5. The number of hydrogen-bond donors (Lipinski definition) is 1. The van der Waals surface area contributed by atoms with Crippen LogP contribution in [-0.4, -0.2) is 13.1 Å². The van der Waals surface area contributed by atoms with E-state index in [0.29, 0.717) is 0 Å². The van der Waals surface area contributed by atoms with Crippen LogP contribution in [0.1, 0.15) is 16.7 Å². The Balaban J connectivity index is 2.02. The predicted octanol–water partition coefficient (Wildman–Crippen LogP) is 4.09. The quantitative estimate of drug-likeness (QED) is 0.875. The molecule has 0 aliphatic carbocycles. The highest BCUT2D eigenvalue weighted by Crippen LogP contribution is 2.29. The molecule has 0 aliphatic rings. The molecule has 21 heavy (non-hydrogen) atoms. The smallest absolute Gasteiger partial charge is 0.316 e. The highest BCUT2D eigenvalue weighted by atomic mass is 19.4. The number of rotatable bonds is 5. The monoisotopic (exact) mass is 292 g/mol. The minimum absolute atomic E-state index is 0.0733. The Hall–Kier alpha value is -1.81. The standard InChI is InChI=1S/C17H17F3N/c1-21-16(11-13-5-3-2-4-6-13)12-14-7-9-15(10-8-14)17(18,19)20/h2-10,12,16,21H,11H2,1H3. The van der Waals surface area contributed by atoms with Crippen molar-refractivity contribution in [3.63, 3.8) is 0 Å². The second kappa shape index (κ2) is 6.76. The number of nitrogens with one attached hydrogen (secondary N) is 1. The maximum Gasteiger partial charge on any atom is 0.416 e. The number of halogens is 3. The summed E-state index contributed by atoms with van der Waals surface area (Å²) in [6.07, 6.45) is -1.56. The Morgan fingerprint density at radius 2 is 1.62 bits per heavy atom. The van der Waals surface area contributed by atoms with E-state index < -0.39 is 11.7 Å². The lowest BCUT2D eigenvalue weighted by atomic mass is 9.98. The van der Waals surface area contributed by atoms with Gasteiger partial charge in [-0.05, 0) is 36.7 Å². The Morgan fingerprint density at radius 3 is 2.14 bits per heavy atom. The highest BCUT2D eigenvalue weighted by Gasteiger charge is 2.29. The predicted molar refractivity (Wildman–Crippen MR) is 77.8 cm³/mol. The minimum atomic E-state index is -4.29. The Bertz CT molecular complexity index is 546. The van der Waals surface area contributed by atoms with Gasteiger partial charge in [0.2, 0.25) is 0 Å². The van der Waals surface area contributed by atoms with Gasteiger partial charge in [0.25, 0.3) is 0 Å². The van der Waals surface area contributed by atoms with Gasteiger partial charge in [-0.1, -0.05) is 42.5 Å². The van der Waals surface area contributed by atoms with Gasteiger partial charge < -0.3 is 5.32 Å². The molecule has 111 valence electrons. The molecule has 2 rings (SSSR count). The third-order valence-electron chi connectivity index (χ3n) is 3.30. The van der Waals surface area contributed by atoms with Crippen molar-refractivity contribution in [1.82, 2.24) is 5.32 Å². The molecule has 1 radical (unpaired) electrons. The van der Waals surface area contributed by atoms with Crippen LogP contribution in [-0.2, 0) is 12.6 Å². The zero-order valence-corrected chi connectivity index (χ0v) is 11.7. The summed E-state index contributed by atoms with van der Waals surface area (Å²) >= 11 is 0. The first-order valence-electron chi connectivity index (χ1n) is 6.72. The lowest BCUT2D eigenvalue weighted by molar-refractivity contribution is -0.137. The molecule has 0 aromatic heterocycles.